The van der Waals surface area contributed by atoms with E-state index in [1.54, 1.807) is 19.9 Å². The molecule has 0 saturated heterocycles. The summed E-state index contributed by atoms with van der Waals surface area (Å²) in [6.45, 7) is 3.79. The molecule has 2 rings (SSSR count). The number of rotatable bonds is 7. The van der Waals surface area contributed by atoms with Gasteiger partial charge in [-0.3, -0.25) is 9.59 Å². The maximum Gasteiger partial charge on any atom is 0.329 e. The van der Waals surface area contributed by atoms with Crippen LogP contribution in [0.5, 0.6) is 5.75 Å². The fraction of sp³-hybridized carbons (Fsp3) is 0.200. The second-order valence-corrected chi connectivity index (χ2v) is 5.78. The summed E-state index contributed by atoms with van der Waals surface area (Å²) in [5, 5.41) is 17.4. The molecule has 0 aliphatic heterocycles. The van der Waals surface area contributed by atoms with E-state index in [4.69, 9.17) is 4.74 Å². The molecule has 28 heavy (non-hydrogen) atoms. The number of hydrogen-bond donors (Lipinski definition) is 2. The molecule has 0 radical (unpaired) electrons. The molecule has 8 heteroatoms. The highest BCUT2D eigenvalue weighted by molar-refractivity contribution is 6.35. The van der Waals surface area contributed by atoms with Crippen LogP contribution in [0.2, 0.25) is 0 Å². The third-order valence-electron chi connectivity index (χ3n) is 3.76. The van der Waals surface area contributed by atoms with Gasteiger partial charge in [0.05, 0.1) is 24.8 Å². The number of hydrazone groups is 1. The zero-order valence-corrected chi connectivity index (χ0v) is 15.5. The van der Waals surface area contributed by atoms with Crippen LogP contribution in [0, 0.1) is 0 Å². The molecule has 0 aliphatic carbocycles. The monoisotopic (exact) mass is 382 g/mol. The fourth-order valence-corrected chi connectivity index (χ4v) is 2.37. The van der Waals surface area contributed by atoms with Gasteiger partial charge in [0.2, 0.25) is 0 Å². The molecule has 2 aromatic carbocycles. The van der Waals surface area contributed by atoms with E-state index in [0.29, 0.717) is 12.2 Å². The second-order valence-electron chi connectivity index (χ2n) is 5.78. The van der Waals surface area contributed by atoms with Crippen LogP contribution in [-0.4, -0.2) is 30.6 Å². The second kappa shape index (κ2) is 9.86. The van der Waals surface area contributed by atoms with Gasteiger partial charge in [-0.2, -0.15) is 5.10 Å². The number of carbonyl (C=O) groups excluding carboxylic acids is 3. The van der Waals surface area contributed by atoms with E-state index >= 15 is 0 Å². The number of nitrogens with zero attached hydrogens (tertiary/aromatic N) is 1. The molecule has 0 spiro atoms. The van der Waals surface area contributed by atoms with Crippen LogP contribution < -0.4 is 20.6 Å². The molecule has 2 amide bonds. The van der Waals surface area contributed by atoms with Gasteiger partial charge in [-0.1, -0.05) is 30.3 Å². The molecular formula is C20H20N3O5-. The Balaban J connectivity index is 1.96. The lowest BCUT2D eigenvalue weighted by molar-refractivity contribution is -0.255. The van der Waals surface area contributed by atoms with Crippen LogP contribution >= 0.6 is 0 Å². The van der Waals surface area contributed by atoms with Gasteiger partial charge in [0, 0.05) is 5.56 Å². The first-order chi connectivity index (χ1) is 13.4. The number of hydrogen-bond acceptors (Lipinski definition) is 6. The average molecular weight is 382 g/mol. The number of carboxylic acid groups (broad SMARTS) is 1. The van der Waals surface area contributed by atoms with Crippen molar-refractivity contribution < 1.29 is 24.2 Å². The van der Waals surface area contributed by atoms with Gasteiger partial charge in [0.1, 0.15) is 5.75 Å². The predicted molar refractivity (Wildman–Crippen MR) is 101 cm³/mol. The number of nitrogens with one attached hydrogen (secondary N) is 2. The van der Waals surface area contributed by atoms with Gasteiger partial charge < -0.3 is 20.0 Å². The Morgan fingerprint density at radius 3 is 2.50 bits per heavy atom. The minimum atomic E-state index is -1.39. The van der Waals surface area contributed by atoms with Gasteiger partial charge in [-0.15, -0.1) is 0 Å². The highest BCUT2D eigenvalue weighted by Gasteiger charge is 2.16. The summed E-state index contributed by atoms with van der Waals surface area (Å²) in [4.78, 5) is 35.0. The van der Waals surface area contributed by atoms with Crippen molar-refractivity contribution in [1.29, 1.82) is 0 Å². The quantitative estimate of drug-likeness (QED) is 0.416. The molecule has 0 fully saturated rings. The van der Waals surface area contributed by atoms with E-state index in [-0.39, 0.29) is 17.4 Å². The summed E-state index contributed by atoms with van der Waals surface area (Å²) in [6, 6.07) is 13.2. The maximum absolute atomic E-state index is 11.9. The number of ether oxygens (including phenoxy) is 1. The van der Waals surface area contributed by atoms with E-state index in [1.165, 1.54) is 18.3 Å². The van der Waals surface area contributed by atoms with Crippen molar-refractivity contribution in [2.45, 2.75) is 19.9 Å². The summed E-state index contributed by atoms with van der Waals surface area (Å²) in [5.74, 6) is -2.99. The topological polar surface area (TPSA) is 120 Å². The minimum Gasteiger partial charge on any atom is -0.545 e. The molecule has 0 unspecified atom stereocenters. The van der Waals surface area contributed by atoms with Crippen molar-refractivity contribution in [2.24, 2.45) is 5.10 Å². The normalized spacial score (nSPS) is 11.6. The van der Waals surface area contributed by atoms with E-state index < -0.39 is 17.8 Å². The van der Waals surface area contributed by atoms with Crippen LogP contribution in [-0.2, 0) is 9.59 Å². The number of carboxylic acids is 1. The minimum absolute atomic E-state index is 0.133. The van der Waals surface area contributed by atoms with Crippen molar-refractivity contribution in [3.05, 3.63) is 65.2 Å². The highest BCUT2D eigenvalue weighted by Crippen LogP contribution is 2.19. The highest BCUT2D eigenvalue weighted by atomic mass is 16.5. The molecule has 2 N–H and O–H groups in total. The molecule has 2 aromatic rings. The van der Waals surface area contributed by atoms with Crippen LogP contribution in [0.4, 0.5) is 0 Å². The van der Waals surface area contributed by atoms with Crippen LogP contribution in [0.15, 0.2) is 53.6 Å². The predicted octanol–water partition coefficient (Wildman–Crippen LogP) is 0.776. The molecule has 8 nitrogen and oxygen atoms in total. The lowest BCUT2D eigenvalue weighted by Gasteiger charge is -2.13. The third-order valence-corrected chi connectivity index (χ3v) is 3.76. The lowest BCUT2D eigenvalue weighted by atomic mass is 10.1. The summed E-state index contributed by atoms with van der Waals surface area (Å²) in [5.41, 5.74) is 3.22. The van der Waals surface area contributed by atoms with Gasteiger partial charge in [-0.25, -0.2) is 5.43 Å². The summed E-state index contributed by atoms with van der Waals surface area (Å²) in [7, 11) is 0. The first-order valence-electron chi connectivity index (χ1n) is 8.59. The van der Waals surface area contributed by atoms with Gasteiger partial charge in [0.25, 0.3) is 0 Å². The molecule has 0 heterocycles. The van der Waals surface area contributed by atoms with Gasteiger partial charge in [-0.05, 0) is 43.2 Å². The van der Waals surface area contributed by atoms with E-state index in [2.05, 4.69) is 15.8 Å². The molecule has 0 bridgehead atoms. The molecule has 146 valence electrons. The summed E-state index contributed by atoms with van der Waals surface area (Å²) < 4.78 is 5.21. The van der Waals surface area contributed by atoms with E-state index in [0.717, 1.165) is 5.56 Å². The summed E-state index contributed by atoms with van der Waals surface area (Å²) >= 11 is 0. The Bertz CT molecular complexity index is 881. The van der Waals surface area contributed by atoms with Crippen molar-refractivity contribution in [3.63, 3.8) is 0 Å². The number of aromatic carboxylic acids is 1. The van der Waals surface area contributed by atoms with Gasteiger partial charge >= 0.3 is 11.8 Å². The van der Waals surface area contributed by atoms with E-state index in [9.17, 15) is 19.5 Å². The molecule has 0 aromatic heterocycles. The van der Waals surface area contributed by atoms with Crippen molar-refractivity contribution in [1.82, 2.24) is 10.7 Å². The number of amides is 2. The Kier molecular flexibility index (Phi) is 7.27. The zero-order valence-electron chi connectivity index (χ0n) is 15.5. The van der Waals surface area contributed by atoms with Crippen LogP contribution in [0.25, 0.3) is 0 Å². The van der Waals surface area contributed by atoms with Crippen LogP contribution in [0.3, 0.4) is 0 Å². The first kappa shape index (κ1) is 20.6. The lowest BCUT2D eigenvalue weighted by Crippen LogP contribution is -2.39. The Hall–Kier alpha value is -3.68. The maximum atomic E-state index is 11.9. The Morgan fingerprint density at radius 1 is 1.14 bits per heavy atom. The SMILES string of the molecule is CCOc1ccc(/C=N\NC(=O)C(=O)N[C@H](C)c2ccccc2)cc1C(=O)[O-]. The Labute approximate surface area is 162 Å². The molecule has 0 saturated carbocycles. The third kappa shape index (κ3) is 5.66. The largest absolute Gasteiger partial charge is 0.545 e. The molecule has 0 aliphatic rings. The van der Waals surface area contributed by atoms with Crippen molar-refractivity contribution >= 4 is 24.0 Å². The standard InChI is InChI=1S/C20H21N3O5/c1-3-28-17-10-9-14(11-16(17)20(26)27)12-21-23-19(25)18(24)22-13(2)15-7-5-4-6-8-15/h4-13H,3H2,1-2H3,(H,22,24)(H,23,25)(H,26,27)/p-1/b21-12-/t13-/m1/s1. The molecule has 1 atom stereocenters. The van der Waals surface area contributed by atoms with Crippen molar-refractivity contribution in [3.8, 4) is 5.75 Å². The Morgan fingerprint density at radius 2 is 1.86 bits per heavy atom. The van der Waals surface area contributed by atoms with Crippen molar-refractivity contribution in [2.75, 3.05) is 6.61 Å². The fourth-order valence-electron chi connectivity index (χ4n) is 2.37. The first-order valence-corrected chi connectivity index (χ1v) is 8.59. The smallest absolute Gasteiger partial charge is 0.329 e. The average Bonchev–Trinajstić information content (AvgIpc) is 2.69. The number of benzene rings is 2. The summed E-state index contributed by atoms with van der Waals surface area (Å²) in [6.07, 6.45) is 1.22. The molecular weight excluding hydrogens is 362 g/mol. The van der Waals surface area contributed by atoms with Gasteiger partial charge in [0.15, 0.2) is 0 Å². The van der Waals surface area contributed by atoms with E-state index in [1.807, 2.05) is 30.3 Å². The number of carbonyl (C=O) groups is 3. The zero-order chi connectivity index (χ0) is 20.5. The van der Waals surface area contributed by atoms with Crippen LogP contribution in [0.1, 0.15) is 41.4 Å².